The van der Waals surface area contributed by atoms with Gasteiger partial charge in [0.1, 0.15) is 11.8 Å². The molecule has 0 saturated carbocycles. The van der Waals surface area contributed by atoms with Gasteiger partial charge in [0.2, 0.25) is 11.8 Å². The van der Waals surface area contributed by atoms with Crippen molar-refractivity contribution in [2.45, 2.75) is 43.8 Å². The van der Waals surface area contributed by atoms with Crippen molar-refractivity contribution in [3.8, 4) is 5.75 Å². The molecule has 0 aromatic heterocycles. The molecule has 3 amide bonds. The van der Waals surface area contributed by atoms with Gasteiger partial charge in [-0.1, -0.05) is 67.6 Å². The van der Waals surface area contributed by atoms with Crippen LogP contribution in [0.1, 0.15) is 30.9 Å². The predicted octanol–water partition coefficient (Wildman–Crippen LogP) is 3.04. The Balaban J connectivity index is 1.87. The smallest absolute Gasteiger partial charge is 0.408 e. The molecule has 212 valence electrons. The highest BCUT2D eigenvalue weighted by molar-refractivity contribution is 7.92. The summed E-state index contributed by atoms with van der Waals surface area (Å²) in [5.74, 6) is -2.03. The fourth-order valence-corrected chi connectivity index (χ4v) is 5.73. The number of hydrogen-bond acceptors (Lipinski definition) is 6. The van der Waals surface area contributed by atoms with Crippen molar-refractivity contribution in [3.05, 3.63) is 90.0 Å². The third kappa shape index (κ3) is 7.29. The van der Waals surface area contributed by atoms with E-state index in [0.717, 1.165) is 9.21 Å². The summed E-state index contributed by atoms with van der Waals surface area (Å²) >= 11 is 0. The number of phenolic OH excluding ortho intramolecular Hbond substituents is 1. The van der Waals surface area contributed by atoms with Crippen molar-refractivity contribution < 1.29 is 33.0 Å². The molecule has 0 aliphatic heterocycles. The molecule has 11 nitrogen and oxygen atoms in total. The first-order valence-electron chi connectivity index (χ1n) is 12.5. The Hall–Kier alpha value is -4.58. The molecule has 0 spiro atoms. The molecule has 0 aliphatic rings. The number of carboxylic acid groups (broad SMARTS) is 1. The summed E-state index contributed by atoms with van der Waals surface area (Å²) in [4.78, 5) is 37.8. The van der Waals surface area contributed by atoms with E-state index in [4.69, 9.17) is 5.73 Å². The molecule has 0 saturated heterocycles. The number of aromatic hydroxyl groups is 1. The second-order valence-corrected chi connectivity index (χ2v) is 10.8. The number of nitrogens with one attached hydrogen (secondary N) is 1. The lowest BCUT2D eigenvalue weighted by molar-refractivity contribution is -0.130. The molecule has 40 heavy (non-hydrogen) atoms. The summed E-state index contributed by atoms with van der Waals surface area (Å²) in [6.45, 7) is 1.47. The molecular formula is C28H32N4O7S. The Labute approximate surface area is 232 Å². The van der Waals surface area contributed by atoms with Crippen molar-refractivity contribution >= 4 is 33.6 Å². The standard InChI is InChI=1S/C28H32N4O7S/c1-2-16-32(40(38,39)22-13-7-4-8-14-22)23-15-9-12-21(26(23)34)18-30-27(35)24(17-25(29)33)31(28(36)37)19-20-10-5-3-6-11-20/h3-15,24,34H,2,16-19H2,1H3,(H2,29,33)(H,30,35)(H,36,37). The molecule has 5 N–H and O–H groups in total. The fraction of sp³-hybridized carbons (Fsp3) is 0.250. The topological polar surface area (TPSA) is 170 Å². The number of nitrogens with zero attached hydrogens (tertiary/aromatic N) is 2. The van der Waals surface area contributed by atoms with E-state index in [0.29, 0.717) is 12.0 Å². The highest BCUT2D eigenvalue weighted by Crippen LogP contribution is 2.34. The van der Waals surface area contributed by atoms with Crippen LogP contribution in [0.4, 0.5) is 10.5 Å². The number of carbonyl (C=O) groups excluding carboxylic acids is 2. The van der Waals surface area contributed by atoms with E-state index >= 15 is 0 Å². The number of phenols is 1. The van der Waals surface area contributed by atoms with Crippen molar-refractivity contribution in [2.24, 2.45) is 5.73 Å². The van der Waals surface area contributed by atoms with Crippen LogP contribution in [0, 0.1) is 0 Å². The minimum atomic E-state index is -4.00. The van der Waals surface area contributed by atoms with E-state index in [1.54, 1.807) is 61.5 Å². The Morgan fingerprint density at radius 2 is 1.57 bits per heavy atom. The molecule has 1 unspecified atom stereocenters. The fourth-order valence-electron chi connectivity index (χ4n) is 4.14. The number of nitrogens with two attached hydrogens (primary N) is 1. The average molecular weight is 569 g/mol. The molecule has 0 fully saturated rings. The van der Waals surface area contributed by atoms with Gasteiger partial charge in [0.15, 0.2) is 0 Å². The van der Waals surface area contributed by atoms with E-state index in [1.165, 1.54) is 24.3 Å². The van der Waals surface area contributed by atoms with Gasteiger partial charge in [-0.2, -0.15) is 0 Å². The van der Waals surface area contributed by atoms with Crippen LogP contribution in [0.3, 0.4) is 0 Å². The first kappa shape index (κ1) is 30.0. The Morgan fingerprint density at radius 1 is 0.950 bits per heavy atom. The summed E-state index contributed by atoms with van der Waals surface area (Å²) in [7, 11) is -4.00. The summed E-state index contributed by atoms with van der Waals surface area (Å²) in [6.07, 6.45) is -1.51. The largest absolute Gasteiger partial charge is 0.505 e. The van der Waals surface area contributed by atoms with Gasteiger partial charge in [0.25, 0.3) is 10.0 Å². The van der Waals surface area contributed by atoms with Gasteiger partial charge < -0.3 is 21.3 Å². The lowest BCUT2D eigenvalue weighted by Gasteiger charge is -2.28. The highest BCUT2D eigenvalue weighted by Gasteiger charge is 2.32. The van der Waals surface area contributed by atoms with Crippen molar-refractivity contribution in [1.82, 2.24) is 10.2 Å². The van der Waals surface area contributed by atoms with Gasteiger partial charge >= 0.3 is 6.09 Å². The average Bonchev–Trinajstić information content (AvgIpc) is 2.94. The zero-order valence-corrected chi connectivity index (χ0v) is 22.8. The number of amides is 3. The maximum atomic E-state index is 13.4. The molecule has 3 rings (SSSR count). The van der Waals surface area contributed by atoms with Crippen LogP contribution >= 0.6 is 0 Å². The molecule has 0 aliphatic carbocycles. The monoisotopic (exact) mass is 568 g/mol. The second kappa shape index (κ2) is 13.5. The van der Waals surface area contributed by atoms with Crippen molar-refractivity contribution in [2.75, 3.05) is 10.8 Å². The van der Waals surface area contributed by atoms with E-state index in [-0.39, 0.29) is 41.5 Å². The van der Waals surface area contributed by atoms with Crippen LogP contribution in [0.5, 0.6) is 5.75 Å². The number of hydrogen-bond donors (Lipinski definition) is 4. The van der Waals surface area contributed by atoms with Gasteiger partial charge in [-0.15, -0.1) is 0 Å². The molecule has 3 aromatic rings. The van der Waals surface area contributed by atoms with Gasteiger partial charge in [0.05, 0.1) is 17.0 Å². The predicted molar refractivity (Wildman–Crippen MR) is 149 cm³/mol. The van der Waals surface area contributed by atoms with Crippen molar-refractivity contribution in [1.29, 1.82) is 0 Å². The second-order valence-electron chi connectivity index (χ2n) is 8.98. The lowest BCUT2D eigenvalue weighted by Crippen LogP contribution is -2.50. The van der Waals surface area contributed by atoms with Crippen LogP contribution in [0.2, 0.25) is 0 Å². The van der Waals surface area contributed by atoms with Crippen LogP contribution in [-0.2, 0) is 32.7 Å². The molecule has 12 heteroatoms. The number of para-hydroxylation sites is 1. The number of rotatable bonds is 13. The SMILES string of the molecule is CCCN(c1cccc(CNC(=O)C(CC(N)=O)N(Cc2ccccc2)C(=O)O)c1O)S(=O)(=O)c1ccccc1. The lowest BCUT2D eigenvalue weighted by atomic mass is 10.1. The Bertz CT molecular complexity index is 1430. The molecular weight excluding hydrogens is 536 g/mol. The third-order valence-corrected chi connectivity index (χ3v) is 7.92. The Morgan fingerprint density at radius 3 is 2.15 bits per heavy atom. The van der Waals surface area contributed by atoms with Gasteiger partial charge in [-0.05, 0) is 30.2 Å². The van der Waals surface area contributed by atoms with E-state index in [2.05, 4.69) is 5.32 Å². The summed E-state index contributed by atoms with van der Waals surface area (Å²) in [6, 6.07) is 19.4. The van der Waals surface area contributed by atoms with E-state index in [9.17, 15) is 33.0 Å². The number of sulfonamides is 1. The first-order chi connectivity index (χ1) is 19.1. The molecule has 0 bridgehead atoms. The van der Waals surface area contributed by atoms with E-state index < -0.39 is 40.4 Å². The molecule has 3 aromatic carbocycles. The maximum Gasteiger partial charge on any atom is 0.408 e. The van der Waals surface area contributed by atoms with Gasteiger partial charge in [-0.25, -0.2) is 13.2 Å². The maximum absolute atomic E-state index is 13.4. The number of anilines is 1. The van der Waals surface area contributed by atoms with Crippen molar-refractivity contribution in [3.63, 3.8) is 0 Å². The van der Waals surface area contributed by atoms with Crippen LogP contribution < -0.4 is 15.4 Å². The summed E-state index contributed by atoms with van der Waals surface area (Å²) in [5.41, 5.74) is 6.15. The first-order valence-corrected chi connectivity index (χ1v) is 14.0. The number of benzene rings is 3. The quantitative estimate of drug-likeness (QED) is 0.245. The zero-order chi connectivity index (χ0) is 29.3. The number of primary amides is 1. The van der Waals surface area contributed by atoms with E-state index in [1.807, 2.05) is 0 Å². The van der Waals surface area contributed by atoms with Crippen LogP contribution in [-0.4, -0.2) is 54.0 Å². The molecule has 1 atom stereocenters. The van der Waals surface area contributed by atoms with Gasteiger partial charge in [0, 0.05) is 25.2 Å². The zero-order valence-electron chi connectivity index (χ0n) is 21.9. The number of carbonyl (C=O) groups is 3. The summed E-state index contributed by atoms with van der Waals surface area (Å²) < 4.78 is 27.8. The molecule has 0 radical (unpaired) electrons. The minimum Gasteiger partial charge on any atom is -0.505 e. The van der Waals surface area contributed by atoms with Crippen LogP contribution in [0.15, 0.2) is 83.8 Å². The normalized spacial score (nSPS) is 11.8. The van der Waals surface area contributed by atoms with Gasteiger partial charge in [-0.3, -0.25) is 18.8 Å². The Kier molecular flexibility index (Phi) is 10.1. The molecule has 0 heterocycles. The minimum absolute atomic E-state index is 0.0300. The highest BCUT2D eigenvalue weighted by atomic mass is 32.2. The third-order valence-electron chi connectivity index (χ3n) is 6.09. The van der Waals surface area contributed by atoms with Crippen LogP contribution in [0.25, 0.3) is 0 Å². The summed E-state index contributed by atoms with van der Waals surface area (Å²) in [5, 5.41) is 23.4.